The standard InChI is InChI=1S/C23H27N5O2.Mn.H2O/c1-26-13-7-4-10-22(26)18-27(16-20-8-2-5-11-24-20)14-15-28(19-23(29)30)17-21-9-3-6-12-25-21;;/h2-13H,1,14-19H2,(H,29,30);;1H2/q;+3;. The maximum Gasteiger partial charge on any atom is 3.00 e. The van der Waals surface area contributed by atoms with Gasteiger partial charge in [0.05, 0.1) is 29.8 Å². The van der Waals surface area contributed by atoms with Crippen molar-refractivity contribution in [2.45, 2.75) is 19.6 Å². The Kier molecular flexibility index (Phi) is 12.2. The third-order valence-corrected chi connectivity index (χ3v) is 4.74. The fourth-order valence-corrected chi connectivity index (χ4v) is 3.23. The van der Waals surface area contributed by atoms with Gasteiger partial charge in [-0.25, -0.2) is 0 Å². The molecule has 0 atom stereocenters. The van der Waals surface area contributed by atoms with Crippen LogP contribution in [0.25, 0.3) is 0 Å². The van der Waals surface area contributed by atoms with Gasteiger partial charge in [0.2, 0.25) is 0 Å². The summed E-state index contributed by atoms with van der Waals surface area (Å²) in [6.07, 6.45) is 5.44. The molecule has 32 heavy (non-hydrogen) atoms. The van der Waals surface area contributed by atoms with Gasteiger partial charge in [-0.3, -0.25) is 24.6 Å². The Balaban J connectivity index is 0.00000256. The number of nitrogens with zero attached hydrogens (tertiary/aromatic N) is 5. The molecule has 0 aliphatic heterocycles. The monoisotopic (exact) mass is 478 g/mol. The van der Waals surface area contributed by atoms with Crippen LogP contribution in [0.1, 0.15) is 17.1 Å². The quantitative estimate of drug-likeness (QED) is 0.252. The molecule has 0 bridgehead atoms. The van der Waals surface area contributed by atoms with Crippen molar-refractivity contribution in [1.82, 2.24) is 19.8 Å². The first-order valence-electron chi connectivity index (χ1n) is 9.87. The third kappa shape index (κ3) is 9.13. The molecule has 0 fully saturated rings. The number of rotatable bonds is 11. The van der Waals surface area contributed by atoms with Crippen LogP contribution >= 0.6 is 0 Å². The Labute approximate surface area is 199 Å². The smallest absolute Gasteiger partial charge is 0.480 e. The van der Waals surface area contributed by atoms with Crippen LogP contribution in [-0.2, 0) is 41.5 Å². The van der Waals surface area contributed by atoms with Crippen LogP contribution in [-0.4, -0.2) is 56.0 Å². The van der Waals surface area contributed by atoms with E-state index in [1.165, 1.54) is 0 Å². The minimum Gasteiger partial charge on any atom is -0.480 e. The molecule has 8 nitrogen and oxygen atoms in total. The van der Waals surface area contributed by atoms with E-state index in [9.17, 15) is 9.90 Å². The van der Waals surface area contributed by atoms with Gasteiger partial charge in [-0.2, -0.15) is 0 Å². The van der Waals surface area contributed by atoms with Crippen LogP contribution in [0.4, 0.5) is 0 Å². The summed E-state index contributed by atoms with van der Waals surface area (Å²) in [5, 5.41) is 9.34. The average Bonchev–Trinajstić information content (AvgIpc) is 2.74. The Bertz CT molecular complexity index is 931. The summed E-state index contributed by atoms with van der Waals surface area (Å²) in [5.74, 6) is -0.846. The van der Waals surface area contributed by atoms with Gasteiger partial charge in [0, 0.05) is 52.2 Å². The van der Waals surface area contributed by atoms with E-state index >= 15 is 0 Å². The molecular formula is C23H29MnN5O3+3. The first kappa shape index (κ1) is 27.2. The van der Waals surface area contributed by atoms with Crippen molar-refractivity contribution in [3.05, 3.63) is 97.3 Å². The Morgan fingerprint density at radius 2 is 1.44 bits per heavy atom. The Morgan fingerprint density at radius 1 is 0.875 bits per heavy atom. The fraction of sp³-hybridized carbons (Fsp3) is 0.261. The van der Waals surface area contributed by atoms with Crippen molar-refractivity contribution in [2.75, 3.05) is 19.6 Å². The van der Waals surface area contributed by atoms with Crippen molar-refractivity contribution >= 4 is 5.97 Å². The molecule has 0 radical (unpaired) electrons. The van der Waals surface area contributed by atoms with E-state index in [1.54, 1.807) is 12.4 Å². The maximum absolute atomic E-state index is 11.4. The van der Waals surface area contributed by atoms with E-state index in [1.807, 2.05) is 70.3 Å². The molecule has 0 aromatic carbocycles. The van der Waals surface area contributed by atoms with E-state index in [-0.39, 0.29) is 29.1 Å². The predicted molar refractivity (Wildman–Crippen MR) is 117 cm³/mol. The summed E-state index contributed by atoms with van der Waals surface area (Å²) in [6, 6.07) is 17.5. The van der Waals surface area contributed by atoms with Crippen LogP contribution in [0.2, 0.25) is 0 Å². The topological polar surface area (TPSA) is 105 Å². The van der Waals surface area contributed by atoms with Gasteiger partial charge < -0.3 is 15.1 Å². The normalized spacial score (nSPS) is 10.4. The zero-order valence-corrected chi connectivity index (χ0v) is 19.0. The molecule has 0 amide bonds. The average molecular weight is 478 g/mol. The molecule has 9 heteroatoms. The Morgan fingerprint density at radius 3 is 1.97 bits per heavy atom. The molecule has 3 aromatic rings. The van der Waals surface area contributed by atoms with Crippen molar-refractivity contribution in [2.24, 2.45) is 0 Å². The molecule has 0 aliphatic rings. The van der Waals surface area contributed by atoms with Crippen LogP contribution in [0.3, 0.4) is 0 Å². The van der Waals surface area contributed by atoms with Crippen molar-refractivity contribution < 1.29 is 37.0 Å². The molecule has 0 saturated heterocycles. The first-order valence-corrected chi connectivity index (χ1v) is 9.87. The SMILES string of the molecule is O.[CH2-][n+]1ccccc1CN(CCN(CC(=O)O)Cc1ccccn1)Cc1ccccn1.[Mn+3]. The van der Waals surface area contributed by atoms with Crippen molar-refractivity contribution in [3.8, 4) is 0 Å². The second-order valence-corrected chi connectivity index (χ2v) is 7.12. The number of carbonyl (C=O) groups is 1. The Hall–Kier alpha value is -2.81. The predicted octanol–water partition coefficient (Wildman–Crippen LogP) is 1.17. The van der Waals surface area contributed by atoms with E-state index in [0.717, 1.165) is 17.1 Å². The number of carboxylic acid groups (broad SMARTS) is 1. The zero-order chi connectivity index (χ0) is 21.2. The van der Waals surface area contributed by atoms with Gasteiger partial charge >= 0.3 is 23.0 Å². The maximum atomic E-state index is 11.4. The number of pyridine rings is 3. The summed E-state index contributed by atoms with van der Waals surface area (Å²) < 4.78 is 1.86. The van der Waals surface area contributed by atoms with Crippen LogP contribution in [0.15, 0.2) is 73.2 Å². The number of aliphatic carboxylic acids is 1. The molecule has 3 aromatic heterocycles. The molecule has 0 aliphatic carbocycles. The fourth-order valence-electron chi connectivity index (χ4n) is 3.23. The van der Waals surface area contributed by atoms with Gasteiger partial charge in [0.1, 0.15) is 0 Å². The van der Waals surface area contributed by atoms with E-state index in [4.69, 9.17) is 0 Å². The molecular weight excluding hydrogens is 449 g/mol. The summed E-state index contributed by atoms with van der Waals surface area (Å²) in [7, 11) is 4.05. The first-order chi connectivity index (χ1) is 14.6. The molecule has 0 unspecified atom stereocenters. The second kappa shape index (κ2) is 14.3. The summed E-state index contributed by atoms with van der Waals surface area (Å²) in [5.41, 5.74) is 2.90. The second-order valence-electron chi connectivity index (χ2n) is 7.12. The van der Waals surface area contributed by atoms with Crippen molar-refractivity contribution in [1.29, 1.82) is 0 Å². The molecule has 3 N–H and O–H groups in total. The minimum atomic E-state index is -0.846. The van der Waals surface area contributed by atoms with Crippen LogP contribution in [0, 0.1) is 7.05 Å². The number of carboxylic acids is 1. The number of hydrogen-bond acceptors (Lipinski definition) is 5. The minimum absolute atomic E-state index is 0. The van der Waals surface area contributed by atoms with Gasteiger partial charge in [0.15, 0.2) is 0 Å². The zero-order valence-electron chi connectivity index (χ0n) is 17.8. The van der Waals surface area contributed by atoms with Crippen LogP contribution < -0.4 is 4.57 Å². The number of aromatic nitrogens is 3. The van der Waals surface area contributed by atoms with Gasteiger partial charge in [-0.05, 0) is 24.3 Å². The van der Waals surface area contributed by atoms with E-state index < -0.39 is 5.97 Å². The summed E-state index contributed by atoms with van der Waals surface area (Å²) in [4.78, 5) is 24.3. The van der Waals surface area contributed by atoms with Crippen LogP contribution in [0.5, 0.6) is 0 Å². The number of hydrogen-bond donors (Lipinski definition) is 1. The van der Waals surface area contributed by atoms with E-state index in [2.05, 4.69) is 21.9 Å². The molecule has 168 valence electrons. The van der Waals surface area contributed by atoms with Gasteiger partial charge in [-0.15, -0.1) is 0 Å². The van der Waals surface area contributed by atoms with Gasteiger partial charge in [-0.1, -0.05) is 30.3 Å². The van der Waals surface area contributed by atoms with E-state index in [0.29, 0.717) is 32.7 Å². The largest absolute Gasteiger partial charge is 3.00 e. The molecule has 0 saturated carbocycles. The van der Waals surface area contributed by atoms with Crippen molar-refractivity contribution in [3.63, 3.8) is 0 Å². The summed E-state index contributed by atoms with van der Waals surface area (Å²) in [6.45, 7) is 3.09. The third-order valence-electron chi connectivity index (χ3n) is 4.74. The molecule has 0 spiro atoms. The van der Waals surface area contributed by atoms with Gasteiger partial charge in [0.25, 0.3) is 0 Å². The summed E-state index contributed by atoms with van der Waals surface area (Å²) >= 11 is 0. The molecule has 3 rings (SSSR count). The molecule has 3 heterocycles.